The van der Waals surface area contributed by atoms with Gasteiger partial charge < -0.3 is 15.7 Å². The molecule has 3 N–H and O–H groups in total. The van der Waals surface area contributed by atoms with Crippen LogP contribution in [-0.2, 0) is 4.79 Å². The minimum atomic E-state index is -1.36. The molecule has 5 nitrogen and oxygen atoms in total. The third-order valence-corrected chi connectivity index (χ3v) is 2.61. The summed E-state index contributed by atoms with van der Waals surface area (Å²) in [7, 11) is 0. The number of amides is 1. The molecule has 1 aliphatic rings. The maximum Gasteiger partial charge on any atom is 0.338 e. The van der Waals surface area contributed by atoms with Gasteiger partial charge in [-0.1, -0.05) is 0 Å². The zero-order valence-corrected chi connectivity index (χ0v) is 9.57. The average molecular weight is 252 g/mol. The van der Waals surface area contributed by atoms with E-state index in [0.717, 1.165) is 25.0 Å². The van der Waals surface area contributed by atoms with E-state index in [1.165, 1.54) is 6.07 Å². The first-order valence-electron chi connectivity index (χ1n) is 5.62. The lowest BCUT2D eigenvalue weighted by Crippen LogP contribution is -2.29. The summed E-state index contributed by atoms with van der Waals surface area (Å²) < 4.78 is 13.1. The highest BCUT2D eigenvalue weighted by molar-refractivity contribution is 5.94. The molecule has 0 unspecified atom stereocenters. The first-order valence-corrected chi connectivity index (χ1v) is 5.62. The van der Waals surface area contributed by atoms with Crippen LogP contribution in [0.4, 0.5) is 10.1 Å². The van der Waals surface area contributed by atoms with Crippen LogP contribution < -0.4 is 10.6 Å². The lowest BCUT2D eigenvalue weighted by atomic mass is 10.2. The van der Waals surface area contributed by atoms with Crippen LogP contribution in [0.15, 0.2) is 18.2 Å². The Morgan fingerprint density at radius 2 is 2.11 bits per heavy atom. The second-order valence-corrected chi connectivity index (χ2v) is 4.20. The smallest absolute Gasteiger partial charge is 0.338 e. The Bertz CT molecular complexity index is 486. The number of carboxylic acids is 1. The van der Waals surface area contributed by atoms with Crippen LogP contribution in [0.3, 0.4) is 0 Å². The Kier molecular flexibility index (Phi) is 3.57. The van der Waals surface area contributed by atoms with E-state index in [0.29, 0.717) is 6.04 Å². The normalized spacial score (nSPS) is 14.3. The summed E-state index contributed by atoms with van der Waals surface area (Å²) in [5, 5.41) is 14.3. The van der Waals surface area contributed by atoms with Gasteiger partial charge in [0.05, 0.1) is 12.1 Å². The van der Waals surface area contributed by atoms with E-state index in [4.69, 9.17) is 5.11 Å². The van der Waals surface area contributed by atoms with Gasteiger partial charge in [0, 0.05) is 11.7 Å². The van der Waals surface area contributed by atoms with E-state index in [1.54, 1.807) is 0 Å². The highest BCUT2D eigenvalue weighted by Gasteiger charge is 2.21. The Labute approximate surface area is 103 Å². The van der Waals surface area contributed by atoms with Gasteiger partial charge in [0.2, 0.25) is 5.91 Å². The standard InChI is InChI=1S/C12H13FN2O3/c13-10-4-3-8(5-9(10)12(17)18)15-11(16)6-14-7-1-2-7/h3-5,7,14H,1-2,6H2,(H,15,16)(H,17,18). The van der Waals surface area contributed by atoms with Crippen LogP contribution in [0, 0.1) is 5.82 Å². The summed E-state index contributed by atoms with van der Waals surface area (Å²) in [6.07, 6.45) is 2.15. The molecule has 18 heavy (non-hydrogen) atoms. The number of rotatable bonds is 5. The predicted molar refractivity (Wildman–Crippen MR) is 63.0 cm³/mol. The molecular weight excluding hydrogens is 239 g/mol. The molecule has 1 aromatic rings. The molecule has 0 radical (unpaired) electrons. The first kappa shape index (κ1) is 12.5. The van der Waals surface area contributed by atoms with Gasteiger partial charge in [-0.05, 0) is 31.0 Å². The number of carboxylic acid groups (broad SMARTS) is 1. The van der Waals surface area contributed by atoms with Gasteiger partial charge in [-0.15, -0.1) is 0 Å². The highest BCUT2D eigenvalue weighted by Crippen LogP contribution is 2.18. The lowest BCUT2D eigenvalue weighted by molar-refractivity contribution is -0.115. The van der Waals surface area contributed by atoms with Gasteiger partial charge in [-0.3, -0.25) is 4.79 Å². The topological polar surface area (TPSA) is 78.4 Å². The average Bonchev–Trinajstić information content (AvgIpc) is 3.12. The highest BCUT2D eigenvalue weighted by atomic mass is 19.1. The van der Waals surface area contributed by atoms with Gasteiger partial charge in [0.1, 0.15) is 5.82 Å². The molecule has 0 spiro atoms. The Hall–Kier alpha value is -1.95. The van der Waals surface area contributed by atoms with Gasteiger partial charge in [0.15, 0.2) is 0 Å². The van der Waals surface area contributed by atoms with Crippen molar-refractivity contribution in [3.8, 4) is 0 Å². The van der Waals surface area contributed by atoms with Crippen molar-refractivity contribution in [2.45, 2.75) is 18.9 Å². The summed E-state index contributed by atoms with van der Waals surface area (Å²) in [5.41, 5.74) is -0.181. The number of hydrogen-bond donors (Lipinski definition) is 3. The predicted octanol–water partition coefficient (Wildman–Crippen LogP) is 1.21. The van der Waals surface area contributed by atoms with Gasteiger partial charge >= 0.3 is 5.97 Å². The van der Waals surface area contributed by atoms with Gasteiger partial charge in [-0.2, -0.15) is 0 Å². The largest absolute Gasteiger partial charge is 0.478 e. The van der Waals surface area contributed by atoms with E-state index in [2.05, 4.69) is 10.6 Å². The van der Waals surface area contributed by atoms with Crippen LogP contribution in [0.5, 0.6) is 0 Å². The Morgan fingerprint density at radius 1 is 1.39 bits per heavy atom. The van der Waals surface area contributed by atoms with Crippen LogP contribution in [-0.4, -0.2) is 29.6 Å². The number of anilines is 1. The first-order chi connectivity index (χ1) is 8.56. The summed E-state index contributed by atoms with van der Waals surface area (Å²) in [6.45, 7) is 0.171. The molecule has 6 heteroatoms. The van der Waals surface area contributed by atoms with Crippen molar-refractivity contribution < 1.29 is 19.1 Å². The number of aromatic carboxylic acids is 1. The second kappa shape index (κ2) is 5.14. The minimum Gasteiger partial charge on any atom is -0.478 e. The van der Waals surface area contributed by atoms with Crippen molar-refractivity contribution in [2.75, 3.05) is 11.9 Å². The Balaban J connectivity index is 1.97. The molecule has 0 aliphatic heterocycles. The molecule has 0 saturated heterocycles. The minimum absolute atomic E-state index is 0.171. The third-order valence-electron chi connectivity index (χ3n) is 2.61. The number of hydrogen-bond acceptors (Lipinski definition) is 3. The molecule has 1 amide bonds. The van der Waals surface area contributed by atoms with Crippen molar-refractivity contribution in [3.05, 3.63) is 29.6 Å². The van der Waals surface area contributed by atoms with E-state index in [-0.39, 0.29) is 18.1 Å². The monoisotopic (exact) mass is 252 g/mol. The number of carbonyl (C=O) groups is 2. The third kappa shape index (κ3) is 3.27. The SMILES string of the molecule is O=C(CNC1CC1)Nc1ccc(F)c(C(=O)O)c1. The molecular formula is C12H13FN2O3. The fraction of sp³-hybridized carbons (Fsp3) is 0.333. The maximum atomic E-state index is 13.1. The number of nitrogens with one attached hydrogen (secondary N) is 2. The molecule has 0 aromatic heterocycles. The summed E-state index contributed by atoms with van der Waals surface area (Å²) in [4.78, 5) is 22.2. The Morgan fingerprint density at radius 3 is 2.72 bits per heavy atom. The zero-order valence-electron chi connectivity index (χ0n) is 9.57. The quantitative estimate of drug-likeness (QED) is 0.736. The summed E-state index contributed by atoms with van der Waals surface area (Å²) in [6, 6.07) is 3.87. The van der Waals surface area contributed by atoms with E-state index in [9.17, 15) is 14.0 Å². The number of benzene rings is 1. The maximum absolute atomic E-state index is 13.1. The fourth-order valence-corrected chi connectivity index (χ4v) is 1.50. The van der Waals surface area contributed by atoms with Gasteiger partial charge in [0.25, 0.3) is 0 Å². The van der Waals surface area contributed by atoms with E-state index < -0.39 is 17.3 Å². The molecule has 1 saturated carbocycles. The van der Waals surface area contributed by atoms with Crippen molar-refractivity contribution >= 4 is 17.6 Å². The zero-order chi connectivity index (χ0) is 13.1. The van der Waals surface area contributed by atoms with Crippen molar-refractivity contribution in [1.29, 1.82) is 0 Å². The van der Waals surface area contributed by atoms with Crippen LogP contribution in [0.25, 0.3) is 0 Å². The molecule has 1 aliphatic carbocycles. The van der Waals surface area contributed by atoms with Crippen molar-refractivity contribution in [3.63, 3.8) is 0 Å². The molecule has 0 atom stereocenters. The number of carbonyl (C=O) groups excluding carboxylic acids is 1. The van der Waals surface area contributed by atoms with Crippen molar-refractivity contribution in [2.24, 2.45) is 0 Å². The van der Waals surface area contributed by atoms with Crippen molar-refractivity contribution in [1.82, 2.24) is 5.32 Å². The van der Waals surface area contributed by atoms with Crippen LogP contribution in [0.1, 0.15) is 23.2 Å². The van der Waals surface area contributed by atoms with E-state index in [1.807, 2.05) is 0 Å². The van der Waals surface area contributed by atoms with Crippen LogP contribution in [0.2, 0.25) is 0 Å². The molecule has 1 fully saturated rings. The molecule has 0 heterocycles. The summed E-state index contributed by atoms with van der Waals surface area (Å²) >= 11 is 0. The van der Waals surface area contributed by atoms with E-state index >= 15 is 0 Å². The van der Waals surface area contributed by atoms with Gasteiger partial charge in [-0.25, -0.2) is 9.18 Å². The fourth-order valence-electron chi connectivity index (χ4n) is 1.50. The molecule has 0 bridgehead atoms. The number of halogens is 1. The molecule has 2 rings (SSSR count). The van der Waals surface area contributed by atoms with Crippen LogP contribution >= 0.6 is 0 Å². The summed E-state index contributed by atoms with van der Waals surface area (Å²) in [5.74, 6) is -2.46. The molecule has 96 valence electrons. The molecule has 1 aromatic carbocycles. The second-order valence-electron chi connectivity index (χ2n) is 4.20. The lowest BCUT2D eigenvalue weighted by Gasteiger charge is -2.07.